The second-order valence-electron chi connectivity index (χ2n) is 6.55. The van der Waals surface area contributed by atoms with Crippen LogP contribution in [0.4, 0.5) is 0 Å². The Hall–Kier alpha value is -1.61. The molecular weight excluding hydrogens is 453 g/mol. The lowest BCUT2D eigenvalue weighted by atomic mass is 10.2. The van der Waals surface area contributed by atoms with Crippen LogP contribution >= 0.6 is 24.0 Å². The highest BCUT2D eigenvalue weighted by atomic mass is 127. The zero-order chi connectivity index (χ0) is 18.2. The van der Waals surface area contributed by atoms with Gasteiger partial charge in [-0.3, -0.25) is 4.90 Å². The molecule has 0 bridgehead atoms. The van der Waals surface area contributed by atoms with E-state index in [1.54, 1.807) is 0 Å². The predicted molar refractivity (Wildman–Crippen MR) is 120 cm³/mol. The zero-order valence-electron chi connectivity index (χ0n) is 16.1. The molecule has 1 unspecified atom stereocenters. The molecule has 0 saturated carbocycles. The molecule has 0 aliphatic carbocycles. The van der Waals surface area contributed by atoms with Crippen LogP contribution in [0, 0.1) is 0 Å². The molecule has 2 heterocycles. The van der Waals surface area contributed by atoms with Gasteiger partial charge in [0.05, 0.1) is 6.54 Å². The van der Waals surface area contributed by atoms with Gasteiger partial charge in [0.15, 0.2) is 11.7 Å². The van der Waals surface area contributed by atoms with E-state index >= 15 is 0 Å². The van der Waals surface area contributed by atoms with Crippen LogP contribution in [0.15, 0.2) is 45.9 Å². The fourth-order valence-corrected chi connectivity index (χ4v) is 3.38. The Labute approximate surface area is 178 Å². The van der Waals surface area contributed by atoms with Crippen molar-refractivity contribution >= 4 is 29.9 Å². The van der Waals surface area contributed by atoms with Gasteiger partial charge >= 0.3 is 0 Å². The van der Waals surface area contributed by atoms with E-state index in [0.29, 0.717) is 12.6 Å². The third-order valence-corrected chi connectivity index (χ3v) is 4.77. The molecular formula is C20H30IN5O. The maximum atomic E-state index is 5.45. The topological polar surface area (TPSA) is 65.7 Å². The van der Waals surface area contributed by atoms with Gasteiger partial charge in [-0.2, -0.15) is 0 Å². The SMILES string of the molecule is CCNC(=NCc1cc(-c2ccccc2)on1)NCC1CCCN1CC.I. The number of likely N-dealkylation sites (tertiary alicyclic amines) is 1. The Morgan fingerprint density at radius 2 is 2.07 bits per heavy atom. The summed E-state index contributed by atoms with van der Waals surface area (Å²) in [6.45, 7) is 8.88. The molecule has 1 aromatic heterocycles. The van der Waals surface area contributed by atoms with Crippen molar-refractivity contribution in [3.63, 3.8) is 0 Å². The summed E-state index contributed by atoms with van der Waals surface area (Å²) < 4.78 is 5.45. The van der Waals surface area contributed by atoms with Crippen molar-refractivity contribution < 1.29 is 4.52 Å². The first-order valence-electron chi connectivity index (χ1n) is 9.57. The zero-order valence-corrected chi connectivity index (χ0v) is 18.5. The van der Waals surface area contributed by atoms with Crippen molar-refractivity contribution in [1.29, 1.82) is 0 Å². The molecule has 1 aliphatic rings. The molecule has 1 atom stereocenters. The van der Waals surface area contributed by atoms with Crippen molar-refractivity contribution in [3.8, 4) is 11.3 Å². The Morgan fingerprint density at radius 3 is 2.81 bits per heavy atom. The van der Waals surface area contributed by atoms with Crippen LogP contribution in [-0.4, -0.2) is 48.2 Å². The molecule has 2 N–H and O–H groups in total. The van der Waals surface area contributed by atoms with E-state index < -0.39 is 0 Å². The molecule has 1 aliphatic heterocycles. The number of halogens is 1. The standard InChI is InChI=1S/C20H29N5O.HI/c1-3-21-20(23-15-18-11-8-12-25(18)4-2)22-14-17-13-19(26-24-17)16-9-6-5-7-10-16;/h5-7,9-10,13,18H,3-4,8,11-12,14-15H2,1-2H3,(H2,21,22,23);1H. The lowest BCUT2D eigenvalue weighted by Gasteiger charge is -2.23. The number of nitrogens with zero attached hydrogens (tertiary/aromatic N) is 3. The Kier molecular flexibility index (Phi) is 9.06. The van der Waals surface area contributed by atoms with E-state index in [2.05, 4.69) is 39.5 Å². The van der Waals surface area contributed by atoms with Gasteiger partial charge in [-0.1, -0.05) is 42.4 Å². The number of guanidine groups is 1. The summed E-state index contributed by atoms with van der Waals surface area (Å²) >= 11 is 0. The molecule has 0 amide bonds. The van der Waals surface area contributed by atoms with Gasteiger partial charge in [0.1, 0.15) is 5.69 Å². The third-order valence-electron chi connectivity index (χ3n) is 4.77. The summed E-state index contributed by atoms with van der Waals surface area (Å²) in [4.78, 5) is 7.18. The monoisotopic (exact) mass is 483 g/mol. The first kappa shape index (κ1) is 21.7. The molecule has 7 heteroatoms. The normalized spacial score (nSPS) is 17.6. The number of aromatic nitrogens is 1. The summed E-state index contributed by atoms with van der Waals surface area (Å²) in [6, 6.07) is 12.6. The van der Waals surface area contributed by atoms with Crippen molar-refractivity contribution in [1.82, 2.24) is 20.7 Å². The number of likely N-dealkylation sites (N-methyl/N-ethyl adjacent to an activating group) is 1. The van der Waals surface area contributed by atoms with Crippen molar-refractivity contribution in [2.24, 2.45) is 4.99 Å². The molecule has 2 aromatic rings. The van der Waals surface area contributed by atoms with Gasteiger partial charge in [-0.15, -0.1) is 24.0 Å². The predicted octanol–water partition coefficient (Wildman–Crippen LogP) is 3.50. The number of hydrogen-bond acceptors (Lipinski definition) is 4. The van der Waals surface area contributed by atoms with E-state index in [9.17, 15) is 0 Å². The van der Waals surface area contributed by atoms with Crippen molar-refractivity contribution in [2.45, 2.75) is 39.3 Å². The molecule has 3 rings (SSSR count). The van der Waals surface area contributed by atoms with E-state index in [4.69, 9.17) is 4.52 Å². The minimum atomic E-state index is 0. The Morgan fingerprint density at radius 1 is 1.26 bits per heavy atom. The first-order chi connectivity index (χ1) is 12.8. The molecule has 0 radical (unpaired) electrons. The largest absolute Gasteiger partial charge is 0.357 e. The van der Waals surface area contributed by atoms with Crippen LogP contribution in [-0.2, 0) is 6.54 Å². The van der Waals surface area contributed by atoms with Gasteiger partial charge in [0, 0.05) is 30.8 Å². The average molecular weight is 483 g/mol. The van der Waals surface area contributed by atoms with E-state index in [1.807, 2.05) is 36.4 Å². The van der Waals surface area contributed by atoms with Crippen molar-refractivity contribution in [3.05, 3.63) is 42.1 Å². The Balaban J connectivity index is 0.00000261. The first-order valence-corrected chi connectivity index (χ1v) is 9.57. The van der Waals surface area contributed by atoms with Crippen LogP contribution in [0.5, 0.6) is 0 Å². The van der Waals surface area contributed by atoms with E-state index in [0.717, 1.165) is 42.6 Å². The molecule has 6 nitrogen and oxygen atoms in total. The lowest BCUT2D eigenvalue weighted by Crippen LogP contribution is -2.44. The minimum Gasteiger partial charge on any atom is -0.357 e. The van der Waals surface area contributed by atoms with Crippen LogP contribution in [0.3, 0.4) is 0 Å². The molecule has 148 valence electrons. The number of aliphatic imine (C=N–C) groups is 1. The highest BCUT2D eigenvalue weighted by Gasteiger charge is 2.22. The maximum Gasteiger partial charge on any atom is 0.191 e. The molecule has 27 heavy (non-hydrogen) atoms. The van der Waals surface area contributed by atoms with Crippen LogP contribution in [0.25, 0.3) is 11.3 Å². The lowest BCUT2D eigenvalue weighted by molar-refractivity contribution is 0.267. The quantitative estimate of drug-likeness (QED) is 0.359. The molecule has 1 aromatic carbocycles. The van der Waals surface area contributed by atoms with Crippen LogP contribution in [0.2, 0.25) is 0 Å². The van der Waals surface area contributed by atoms with Crippen molar-refractivity contribution in [2.75, 3.05) is 26.2 Å². The minimum absolute atomic E-state index is 0. The number of nitrogens with one attached hydrogen (secondary N) is 2. The van der Waals surface area contributed by atoms with Gasteiger partial charge in [-0.25, -0.2) is 4.99 Å². The number of rotatable bonds is 7. The third kappa shape index (κ3) is 6.21. The fourth-order valence-electron chi connectivity index (χ4n) is 3.38. The highest BCUT2D eigenvalue weighted by molar-refractivity contribution is 14.0. The van der Waals surface area contributed by atoms with Crippen LogP contribution < -0.4 is 10.6 Å². The average Bonchev–Trinajstić information content (AvgIpc) is 3.34. The van der Waals surface area contributed by atoms with Gasteiger partial charge < -0.3 is 15.2 Å². The van der Waals surface area contributed by atoms with E-state index in [1.165, 1.54) is 19.4 Å². The van der Waals surface area contributed by atoms with Gasteiger partial charge in [-0.05, 0) is 32.9 Å². The Bertz CT molecular complexity index is 703. The maximum absolute atomic E-state index is 5.45. The summed E-state index contributed by atoms with van der Waals surface area (Å²) in [5, 5.41) is 10.9. The van der Waals surface area contributed by atoms with Gasteiger partial charge in [0.2, 0.25) is 0 Å². The summed E-state index contributed by atoms with van der Waals surface area (Å²) in [6.07, 6.45) is 2.54. The number of hydrogen-bond donors (Lipinski definition) is 2. The van der Waals surface area contributed by atoms with Gasteiger partial charge in [0.25, 0.3) is 0 Å². The highest BCUT2D eigenvalue weighted by Crippen LogP contribution is 2.20. The fraction of sp³-hybridized carbons (Fsp3) is 0.500. The van der Waals surface area contributed by atoms with Crippen LogP contribution in [0.1, 0.15) is 32.4 Å². The number of benzene rings is 1. The molecule has 1 saturated heterocycles. The second kappa shape index (κ2) is 11.3. The second-order valence-corrected chi connectivity index (χ2v) is 6.55. The molecule has 0 spiro atoms. The molecule has 1 fully saturated rings. The summed E-state index contributed by atoms with van der Waals surface area (Å²) in [5.41, 5.74) is 1.86. The summed E-state index contributed by atoms with van der Waals surface area (Å²) in [7, 11) is 0. The van der Waals surface area contributed by atoms with E-state index in [-0.39, 0.29) is 24.0 Å². The smallest absolute Gasteiger partial charge is 0.191 e. The summed E-state index contributed by atoms with van der Waals surface area (Å²) in [5.74, 6) is 1.61.